The Kier molecular flexibility index (Phi) is 6.80. The predicted molar refractivity (Wildman–Crippen MR) is 75.1 cm³/mol. The van der Waals surface area contributed by atoms with Crippen molar-refractivity contribution in [2.24, 2.45) is 11.7 Å². The van der Waals surface area contributed by atoms with Crippen molar-refractivity contribution in [3.8, 4) is 0 Å². The number of carbonyl (C=O) groups is 1. The molecule has 0 aliphatic rings. The lowest BCUT2D eigenvalue weighted by atomic mass is 10.0. The topological polar surface area (TPSA) is 55.1 Å². The molecule has 0 heterocycles. The van der Waals surface area contributed by atoms with E-state index in [1.807, 2.05) is 0 Å². The van der Waals surface area contributed by atoms with Crippen molar-refractivity contribution in [2.75, 3.05) is 5.32 Å². The minimum absolute atomic E-state index is 0. The van der Waals surface area contributed by atoms with Gasteiger partial charge in [0.2, 0.25) is 5.91 Å². The van der Waals surface area contributed by atoms with Crippen LogP contribution in [0.1, 0.15) is 19.4 Å². The molecule has 0 saturated carbocycles. The molecule has 3 nitrogen and oxygen atoms in total. The highest BCUT2D eigenvalue weighted by molar-refractivity contribution is 6.31. The van der Waals surface area contributed by atoms with E-state index in [2.05, 4.69) is 5.32 Å². The smallest absolute Gasteiger partial charge is 0.325 e. The summed E-state index contributed by atoms with van der Waals surface area (Å²) in [4.78, 5) is 11.6. The molecule has 0 bridgehead atoms. The quantitative estimate of drug-likeness (QED) is 0.887. The number of nitrogens with two attached hydrogens (primary N) is 1. The maximum absolute atomic E-state index is 12.6. The van der Waals surface area contributed by atoms with Gasteiger partial charge in [-0.25, -0.2) is 0 Å². The van der Waals surface area contributed by atoms with Crippen molar-refractivity contribution in [2.45, 2.75) is 26.1 Å². The molecule has 3 N–H and O–H groups in total. The van der Waals surface area contributed by atoms with E-state index in [1.165, 1.54) is 6.07 Å². The van der Waals surface area contributed by atoms with E-state index in [9.17, 15) is 18.0 Å². The Morgan fingerprint density at radius 2 is 1.90 bits per heavy atom. The molecule has 0 spiro atoms. The van der Waals surface area contributed by atoms with Crippen LogP contribution in [-0.2, 0) is 11.0 Å². The molecule has 0 aliphatic heterocycles. The van der Waals surface area contributed by atoms with Crippen LogP contribution in [0.5, 0.6) is 0 Å². The minimum atomic E-state index is -4.57. The highest BCUT2D eigenvalue weighted by atomic mass is 35.5. The average molecular weight is 331 g/mol. The number of benzene rings is 1. The first-order valence-electron chi connectivity index (χ1n) is 5.56. The third-order valence-electron chi connectivity index (χ3n) is 2.56. The fraction of sp³-hybridized carbons (Fsp3) is 0.417. The summed E-state index contributed by atoms with van der Waals surface area (Å²) >= 11 is 5.47. The van der Waals surface area contributed by atoms with Gasteiger partial charge in [0.1, 0.15) is 0 Å². The van der Waals surface area contributed by atoms with Gasteiger partial charge in [-0.3, -0.25) is 4.79 Å². The molecule has 1 aromatic carbocycles. The van der Waals surface area contributed by atoms with Crippen LogP contribution >= 0.6 is 24.0 Å². The van der Waals surface area contributed by atoms with Crippen molar-refractivity contribution in [3.05, 3.63) is 28.8 Å². The van der Waals surface area contributed by atoms with E-state index in [0.29, 0.717) is 0 Å². The van der Waals surface area contributed by atoms with Crippen molar-refractivity contribution in [3.63, 3.8) is 0 Å². The first kappa shape index (κ1) is 19.0. The van der Waals surface area contributed by atoms with Gasteiger partial charge in [-0.15, -0.1) is 12.4 Å². The molecule has 0 fully saturated rings. The Balaban J connectivity index is 0.00000361. The lowest BCUT2D eigenvalue weighted by Crippen LogP contribution is -2.39. The Labute approximate surface area is 126 Å². The number of carbonyl (C=O) groups excluding carboxylic acids is 1. The second-order valence-corrected chi connectivity index (χ2v) is 4.86. The summed E-state index contributed by atoms with van der Waals surface area (Å²) < 4.78 is 37.9. The van der Waals surface area contributed by atoms with E-state index in [1.54, 1.807) is 13.8 Å². The van der Waals surface area contributed by atoms with Gasteiger partial charge in [0.25, 0.3) is 0 Å². The zero-order valence-electron chi connectivity index (χ0n) is 10.8. The maximum atomic E-state index is 12.6. The number of amides is 1. The molecule has 1 rings (SSSR count). The van der Waals surface area contributed by atoms with Crippen molar-refractivity contribution in [1.82, 2.24) is 0 Å². The normalized spacial score (nSPS) is 12.8. The van der Waals surface area contributed by atoms with Gasteiger partial charge in [0, 0.05) is 5.69 Å². The van der Waals surface area contributed by atoms with Crippen molar-refractivity contribution >= 4 is 35.6 Å². The molecule has 0 saturated heterocycles. The van der Waals surface area contributed by atoms with Gasteiger partial charge in [0.15, 0.2) is 0 Å². The average Bonchev–Trinajstić information content (AvgIpc) is 2.28. The van der Waals surface area contributed by atoms with Crippen molar-refractivity contribution in [1.29, 1.82) is 0 Å². The molecule has 1 aromatic rings. The molecule has 20 heavy (non-hydrogen) atoms. The largest absolute Gasteiger partial charge is 0.417 e. The lowest BCUT2D eigenvalue weighted by molar-refractivity contribution is -0.137. The van der Waals surface area contributed by atoms with Crippen LogP contribution in [0.4, 0.5) is 18.9 Å². The number of hydrogen-bond donors (Lipinski definition) is 2. The maximum Gasteiger partial charge on any atom is 0.417 e. The van der Waals surface area contributed by atoms with E-state index < -0.39 is 28.7 Å². The molecule has 1 unspecified atom stereocenters. The molecular weight excluding hydrogens is 316 g/mol. The van der Waals surface area contributed by atoms with Gasteiger partial charge < -0.3 is 11.1 Å². The molecule has 114 valence electrons. The van der Waals surface area contributed by atoms with Crippen LogP contribution in [0.15, 0.2) is 18.2 Å². The summed E-state index contributed by atoms with van der Waals surface area (Å²) in [6, 6.07) is 2.38. The third-order valence-corrected chi connectivity index (χ3v) is 2.89. The van der Waals surface area contributed by atoms with Gasteiger partial charge in [-0.1, -0.05) is 25.4 Å². The summed E-state index contributed by atoms with van der Waals surface area (Å²) in [6.07, 6.45) is -4.57. The van der Waals surface area contributed by atoms with Crippen LogP contribution in [-0.4, -0.2) is 11.9 Å². The number of alkyl halides is 3. The molecular formula is C12H15Cl2F3N2O. The molecule has 1 atom stereocenters. The monoisotopic (exact) mass is 330 g/mol. The molecule has 1 amide bonds. The first-order chi connectivity index (χ1) is 8.62. The fourth-order valence-corrected chi connectivity index (χ4v) is 1.57. The molecule has 0 aromatic heterocycles. The van der Waals surface area contributed by atoms with Gasteiger partial charge in [-0.2, -0.15) is 13.2 Å². The Morgan fingerprint density at radius 1 is 1.35 bits per heavy atom. The number of halogens is 5. The Hall–Kier alpha value is -0.980. The summed E-state index contributed by atoms with van der Waals surface area (Å²) in [5, 5.41) is 1.92. The second-order valence-electron chi connectivity index (χ2n) is 4.45. The van der Waals surface area contributed by atoms with E-state index in [4.69, 9.17) is 17.3 Å². The standard InChI is InChI=1S/C12H14ClF3N2O.ClH/c1-6(2)10(17)11(19)18-7-3-4-9(13)8(5-7)12(14,15)16;/h3-6,10H,17H2,1-2H3,(H,18,19);1H. The Morgan fingerprint density at radius 3 is 2.35 bits per heavy atom. The highest BCUT2D eigenvalue weighted by Gasteiger charge is 2.33. The molecule has 8 heteroatoms. The number of nitrogens with one attached hydrogen (secondary N) is 1. The van der Waals surface area contributed by atoms with Crippen LogP contribution in [0, 0.1) is 5.92 Å². The summed E-state index contributed by atoms with van der Waals surface area (Å²) in [5.74, 6) is -0.653. The Bertz CT molecular complexity index is 478. The molecule has 0 aliphatic carbocycles. The summed E-state index contributed by atoms with van der Waals surface area (Å²) in [5.41, 5.74) is 4.62. The van der Waals surface area contributed by atoms with Gasteiger partial charge in [-0.05, 0) is 24.1 Å². The summed E-state index contributed by atoms with van der Waals surface area (Å²) in [7, 11) is 0. The van der Waals surface area contributed by atoms with Crippen LogP contribution < -0.4 is 11.1 Å². The van der Waals surface area contributed by atoms with E-state index in [0.717, 1.165) is 12.1 Å². The van der Waals surface area contributed by atoms with E-state index in [-0.39, 0.29) is 24.0 Å². The fourth-order valence-electron chi connectivity index (χ4n) is 1.35. The zero-order valence-corrected chi connectivity index (χ0v) is 12.4. The highest BCUT2D eigenvalue weighted by Crippen LogP contribution is 2.36. The SMILES string of the molecule is CC(C)C(N)C(=O)Nc1ccc(Cl)c(C(F)(F)F)c1.Cl. The number of rotatable bonds is 3. The summed E-state index contributed by atoms with van der Waals surface area (Å²) in [6.45, 7) is 3.49. The van der Waals surface area contributed by atoms with Crippen LogP contribution in [0.3, 0.4) is 0 Å². The first-order valence-corrected chi connectivity index (χ1v) is 5.94. The third kappa shape index (κ3) is 4.85. The van der Waals surface area contributed by atoms with E-state index >= 15 is 0 Å². The lowest BCUT2D eigenvalue weighted by Gasteiger charge is -2.16. The van der Waals surface area contributed by atoms with Gasteiger partial charge >= 0.3 is 6.18 Å². The predicted octanol–water partition coefficient (Wildman–Crippen LogP) is 3.70. The van der Waals surface area contributed by atoms with Crippen LogP contribution in [0.2, 0.25) is 5.02 Å². The minimum Gasteiger partial charge on any atom is -0.325 e. The van der Waals surface area contributed by atoms with Crippen LogP contribution in [0.25, 0.3) is 0 Å². The second kappa shape index (κ2) is 7.15. The van der Waals surface area contributed by atoms with Gasteiger partial charge in [0.05, 0.1) is 16.6 Å². The number of anilines is 1. The molecule has 0 radical (unpaired) electrons. The van der Waals surface area contributed by atoms with Crippen molar-refractivity contribution < 1.29 is 18.0 Å². The number of hydrogen-bond acceptors (Lipinski definition) is 2. The zero-order chi connectivity index (χ0) is 14.8.